The molecular weight excluding hydrogens is 448 g/mol. The first-order valence-electron chi connectivity index (χ1n) is 11.4. The van der Waals surface area contributed by atoms with Crippen molar-refractivity contribution >= 4 is 24.5 Å². The van der Waals surface area contributed by atoms with Crippen LogP contribution in [0.2, 0.25) is 0 Å². The molecule has 0 spiro atoms. The van der Waals surface area contributed by atoms with E-state index >= 15 is 0 Å². The maximum Gasteiger partial charge on any atom is 0.302 e. The first-order valence-corrected chi connectivity index (χ1v) is 11.4. The number of ether oxygens (including phenoxy) is 2. The average molecular weight is 479 g/mol. The minimum Gasteiger partial charge on any atom is -0.466 e. The van der Waals surface area contributed by atoms with Gasteiger partial charge in [-0.05, 0) is 41.7 Å². The molecule has 0 aliphatic heterocycles. The van der Waals surface area contributed by atoms with Crippen LogP contribution in [0.5, 0.6) is 0 Å². The number of carbonyl (C=O) groups is 4. The van der Waals surface area contributed by atoms with Gasteiger partial charge in [0.1, 0.15) is 0 Å². The SMILES string of the molecule is CC(=O)OCCc1c(C=O)[nH]c(C(c2ccccc2)c2[nH]c(C=O)c(CCOC(C)=O)c2C)c1C. The molecule has 2 aromatic heterocycles. The van der Waals surface area contributed by atoms with E-state index in [1.165, 1.54) is 13.8 Å². The minimum absolute atomic E-state index is 0.168. The van der Waals surface area contributed by atoms with Crippen molar-refractivity contribution in [3.8, 4) is 0 Å². The van der Waals surface area contributed by atoms with Gasteiger partial charge in [0.15, 0.2) is 12.6 Å². The summed E-state index contributed by atoms with van der Waals surface area (Å²) in [7, 11) is 0. The lowest BCUT2D eigenvalue weighted by Gasteiger charge is -2.19. The summed E-state index contributed by atoms with van der Waals surface area (Å²) in [4.78, 5) is 52.8. The summed E-state index contributed by atoms with van der Waals surface area (Å²) in [6.45, 7) is 6.89. The van der Waals surface area contributed by atoms with Crippen LogP contribution in [-0.2, 0) is 31.9 Å². The Hall–Kier alpha value is -3.94. The van der Waals surface area contributed by atoms with Crippen molar-refractivity contribution < 1.29 is 28.7 Å². The van der Waals surface area contributed by atoms with E-state index < -0.39 is 0 Å². The van der Waals surface area contributed by atoms with Gasteiger partial charge in [-0.2, -0.15) is 0 Å². The van der Waals surface area contributed by atoms with Crippen molar-refractivity contribution in [2.24, 2.45) is 0 Å². The van der Waals surface area contributed by atoms with E-state index in [1.54, 1.807) is 0 Å². The number of hydrogen-bond acceptors (Lipinski definition) is 6. The van der Waals surface area contributed by atoms with E-state index in [2.05, 4.69) is 9.97 Å². The fourth-order valence-electron chi connectivity index (χ4n) is 4.50. The molecule has 0 amide bonds. The predicted octanol–water partition coefficient (Wildman–Crippen LogP) is 3.98. The van der Waals surface area contributed by atoms with Crippen molar-refractivity contribution in [3.63, 3.8) is 0 Å². The quantitative estimate of drug-likeness (QED) is 0.318. The minimum atomic E-state index is -0.377. The number of H-pyrrole nitrogens is 2. The number of aromatic nitrogens is 2. The van der Waals surface area contributed by atoms with Crippen LogP contribution < -0.4 is 0 Å². The Labute approximate surface area is 204 Å². The fourth-order valence-corrected chi connectivity index (χ4v) is 4.50. The first kappa shape index (κ1) is 25.7. The molecule has 8 nitrogen and oxygen atoms in total. The van der Waals surface area contributed by atoms with Gasteiger partial charge in [-0.15, -0.1) is 0 Å². The average Bonchev–Trinajstić information content (AvgIpc) is 3.31. The van der Waals surface area contributed by atoms with Gasteiger partial charge in [0, 0.05) is 38.1 Å². The number of esters is 2. The zero-order chi connectivity index (χ0) is 25.5. The van der Waals surface area contributed by atoms with E-state index in [0.717, 1.165) is 51.8 Å². The van der Waals surface area contributed by atoms with Gasteiger partial charge in [0.25, 0.3) is 0 Å². The molecule has 0 atom stereocenters. The number of hydrogen-bond donors (Lipinski definition) is 2. The Morgan fingerprint density at radius 3 is 1.60 bits per heavy atom. The molecule has 1 aromatic carbocycles. The summed E-state index contributed by atoms with van der Waals surface area (Å²) in [5.74, 6) is -1.07. The zero-order valence-corrected chi connectivity index (χ0v) is 20.4. The van der Waals surface area contributed by atoms with Gasteiger partial charge in [-0.25, -0.2) is 0 Å². The molecule has 8 heteroatoms. The largest absolute Gasteiger partial charge is 0.466 e. The van der Waals surface area contributed by atoms with Crippen molar-refractivity contribution in [3.05, 3.63) is 80.9 Å². The highest BCUT2D eigenvalue weighted by Crippen LogP contribution is 2.38. The predicted molar refractivity (Wildman–Crippen MR) is 130 cm³/mol. The smallest absolute Gasteiger partial charge is 0.302 e. The highest BCUT2D eigenvalue weighted by atomic mass is 16.5. The molecule has 0 saturated carbocycles. The third-order valence-corrected chi connectivity index (χ3v) is 6.16. The third-order valence-electron chi connectivity index (χ3n) is 6.16. The molecule has 2 N–H and O–H groups in total. The van der Waals surface area contributed by atoms with E-state index in [4.69, 9.17) is 9.47 Å². The Bertz CT molecular complexity index is 1150. The van der Waals surface area contributed by atoms with Crippen LogP contribution in [0.1, 0.15) is 79.9 Å². The van der Waals surface area contributed by atoms with E-state index in [-0.39, 0.29) is 31.1 Å². The van der Waals surface area contributed by atoms with Gasteiger partial charge in [0.2, 0.25) is 0 Å². The number of carbonyl (C=O) groups excluding carboxylic acids is 4. The van der Waals surface area contributed by atoms with Crippen LogP contribution >= 0.6 is 0 Å². The second-order valence-electron chi connectivity index (χ2n) is 8.37. The molecule has 0 radical (unpaired) electrons. The molecule has 184 valence electrons. The monoisotopic (exact) mass is 478 g/mol. The maximum atomic E-state index is 11.9. The molecule has 0 unspecified atom stereocenters. The molecule has 0 saturated heterocycles. The second-order valence-corrected chi connectivity index (χ2v) is 8.37. The van der Waals surface area contributed by atoms with Crippen LogP contribution in [0.4, 0.5) is 0 Å². The lowest BCUT2D eigenvalue weighted by atomic mass is 9.87. The molecule has 3 rings (SSSR count). The number of aromatic amines is 2. The van der Waals surface area contributed by atoms with Crippen LogP contribution in [0.3, 0.4) is 0 Å². The van der Waals surface area contributed by atoms with Crippen molar-refractivity contribution in [1.82, 2.24) is 9.97 Å². The van der Waals surface area contributed by atoms with Gasteiger partial charge in [0.05, 0.1) is 30.5 Å². The van der Waals surface area contributed by atoms with Crippen LogP contribution in [0, 0.1) is 13.8 Å². The standard InChI is InChI=1S/C27H30N2O6/c1-16-21(10-12-34-18(3)32)23(14-30)28-26(16)25(20-8-6-5-7-9-20)27-17(2)22(24(15-31)29-27)11-13-35-19(4)33/h5-9,14-15,25,28-29H,10-13H2,1-4H3. The summed E-state index contributed by atoms with van der Waals surface area (Å²) in [5, 5.41) is 0. The molecule has 0 bridgehead atoms. The van der Waals surface area contributed by atoms with Crippen molar-refractivity contribution in [2.45, 2.75) is 46.5 Å². The molecule has 35 heavy (non-hydrogen) atoms. The summed E-state index contributed by atoms with van der Waals surface area (Å²) in [5.41, 5.74) is 6.79. The van der Waals surface area contributed by atoms with Gasteiger partial charge in [-0.1, -0.05) is 30.3 Å². The van der Waals surface area contributed by atoms with E-state index in [9.17, 15) is 19.2 Å². The fraction of sp³-hybridized carbons (Fsp3) is 0.333. The van der Waals surface area contributed by atoms with E-state index in [0.29, 0.717) is 24.2 Å². The Morgan fingerprint density at radius 2 is 1.23 bits per heavy atom. The maximum absolute atomic E-state index is 11.9. The first-order chi connectivity index (χ1) is 16.8. The summed E-state index contributed by atoms with van der Waals surface area (Å²) in [6.07, 6.45) is 2.33. The summed E-state index contributed by atoms with van der Waals surface area (Å²) in [6, 6.07) is 9.77. The Morgan fingerprint density at radius 1 is 0.800 bits per heavy atom. The highest BCUT2D eigenvalue weighted by molar-refractivity contribution is 5.78. The molecular formula is C27H30N2O6. The third kappa shape index (κ3) is 5.77. The second kappa shape index (κ2) is 11.5. The number of aldehydes is 2. The van der Waals surface area contributed by atoms with Gasteiger partial charge < -0.3 is 19.4 Å². The number of nitrogens with one attached hydrogen (secondary N) is 2. The molecule has 0 fully saturated rings. The lowest BCUT2D eigenvalue weighted by molar-refractivity contribution is -0.141. The highest BCUT2D eigenvalue weighted by Gasteiger charge is 2.28. The topological polar surface area (TPSA) is 118 Å². The van der Waals surface area contributed by atoms with Gasteiger partial charge in [-0.3, -0.25) is 19.2 Å². The Kier molecular flexibility index (Phi) is 8.41. The molecule has 2 heterocycles. The zero-order valence-electron chi connectivity index (χ0n) is 20.4. The number of rotatable bonds is 11. The number of benzene rings is 1. The summed E-state index contributed by atoms with van der Waals surface area (Å²) >= 11 is 0. The van der Waals surface area contributed by atoms with Crippen molar-refractivity contribution in [2.75, 3.05) is 13.2 Å². The van der Waals surface area contributed by atoms with Crippen LogP contribution in [-0.4, -0.2) is 47.7 Å². The van der Waals surface area contributed by atoms with E-state index in [1.807, 2.05) is 44.2 Å². The Balaban J connectivity index is 2.12. The molecule has 0 aliphatic carbocycles. The normalized spacial score (nSPS) is 10.9. The van der Waals surface area contributed by atoms with Gasteiger partial charge >= 0.3 is 11.9 Å². The lowest BCUT2D eigenvalue weighted by Crippen LogP contribution is -2.09. The van der Waals surface area contributed by atoms with Crippen LogP contribution in [0.15, 0.2) is 30.3 Å². The van der Waals surface area contributed by atoms with Crippen LogP contribution in [0.25, 0.3) is 0 Å². The molecule has 0 aliphatic rings. The summed E-state index contributed by atoms with van der Waals surface area (Å²) < 4.78 is 10.2. The molecule has 3 aromatic rings. The van der Waals surface area contributed by atoms with Crippen molar-refractivity contribution in [1.29, 1.82) is 0 Å².